The molecule has 0 saturated heterocycles. The molecule has 19 heavy (non-hydrogen) atoms. The fraction of sp³-hybridized carbons (Fsp3) is 0.600. The summed E-state index contributed by atoms with van der Waals surface area (Å²) < 4.78 is 27.8. The lowest BCUT2D eigenvalue weighted by molar-refractivity contribution is 0.351. The molecule has 0 bridgehead atoms. The molecule has 0 amide bonds. The summed E-state index contributed by atoms with van der Waals surface area (Å²) in [6.45, 7) is 2.47. The van der Waals surface area contributed by atoms with Gasteiger partial charge in [0.25, 0.3) is 0 Å². The van der Waals surface area contributed by atoms with E-state index in [2.05, 4.69) is 28.2 Å². The van der Waals surface area contributed by atoms with Crippen LogP contribution >= 0.6 is 15.9 Å². The standard InChI is InChI=1S/C15H20BrF2N/c1-10-5-3-2-4-6-14(10)19-9-11-13(17)8-7-12(16)15(11)18/h7-8,10,14,19H,2-6,9H2,1H3. The fourth-order valence-electron chi connectivity index (χ4n) is 2.76. The van der Waals surface area contributed by atoms with Crippen LogP contribution in [0.2, 0.25) is 0 Å². The van der Waals surface area contributed by atoms with Gasteiger partial charge in [0, 0.05) is 18.2 Å². The summed E-state index contributed by atoms with van der Waals surface area (Å²) in [6, 6.07) is 3.07. The Kier molecular flexibility index (Phi) is 5.34. The Balaban J connectivity index is 2.03. The minimum atomic E-state index is -0.492. The van der Waals surface area contributed by atoms with Crippen LogP contribution in [-0.4, -0.2) is 6.04 Å². The Hall–Kier alpha value is -0.480. The van der Waals surface area contributed by atoms with Crippen molar-refractivity contribution in [2.75, 3.05) is 0 Å². The molecule has 2 atom stereocenters. The quantitative estimate of drug-likeness (QED) is 0.620. The van der Waals surface area contributed by atoms with Gasteiger partial charge in [-0.05, 0) is 46.8 Å². The van der Waals surface area contributed by atoms with Gasteiger partial charge in [-0.1, -0.05) is 26.2 Å². The second kappa shape index (κ2) is 6.80. The summed E-state index contributed by atoms with van der Waals surface area (Å²) in [5.74, 6) is -0.399. The number of hydrogen-bond donors (Lipinski definition) is 1. The van der Waals surface area contributed by atoms with E-state index in [1.165, 1.54) is 37.8 Å². The molecule has 1 nitrogen and oxygen atoms in total. The zero-order valence-electron chi connectivity index (χ0n) is 11.2. The SMILES string of the molecule is CC1CCCCCC1NCc1c(F)ccc(Br)c1F. The van der Waals surface area contributed by atoms with E-state index >= 15 is 0 Å². The molecule has 1 aromatic carbocycles. The first-order valence-corrected chi connectivity index (χ1v) is 7.74. The third kappa shape index (κ3) is 3.76. The van der Waals surface area contributed by atoms with Crippen molar-refractivity contribution in [2.24, 2.45) is 5.92 Å². The maximum Gasteiger partial charge on any atom is 0.144 e. The molecule has 1 aromatic rings. The van der Waals surface area contributed by atoms with Crippen molar-refractivity contribution in [3.8, 4) is 0 Å². The number of rotatable bonds is 3. The third-order valence-corrected chi connectivity index (χ3v) is 4.65. The predicted octanol–water partition coefficient (Wildman–Crippen LogP) is 4.79. The molecule has 0 heterocycles. The second-order valence-electron chi connectivity index (χ2n) is 5.42. The highest BCUT2D eigenvalue weighted by Crippen LogP contribution is 2.25. The lowest BCUT2D eigenvalue weighted by Gasteiger charge is -2.23. The average Bonchev–Trinajstić information content (AvgIpc) is 2.59. The molecule has 0 radical (unpaired) electrons. The number of hydrogen-bond acceptors (Lipinski definition) is 1. The predicted molar refractivity (Wildman–Crippen MR) is 76.9 cm³/mol. The van der Waals surface area contributed by atoms with Crippen LogP contribution in [0.25, 0.3) is 0 Å². The first kappa shape index (κ1) is 14.9. The van der Waals surface area contributed by atoms with Crippen molar-refractivity contribution < 1.29 is 8.78 Å². The highest BCUT2D eigenvalue weighted by atomic mass is 79.9. The van der Waals surface area contributed by atoms with Crippen LogP contribution in [0, 0.1) is 17.6 Å². The van der Waals surface area contributed by atoms with E-state index in [1.54, 1.807) is 0 Å². The Bertz CT molecular complexity index is 436. The molecule has 4 heteroatoms. The van der Waals surface area contributed by atoms with Gasteiger partial charge in [-0.3, -0.25) is 0 Å². The fourth-order valence-corrected chi connectivity index (χ4v) is 3.13. The normalized spacial score (nSPS) is 24.2. The Morgan fingerprint density at radius 3 is 2.74 bits per heavy atom. The highest BCUT2D eigenvalue weighted by molar-refractivity contribution is 9.10. The first-order valence-electron chi connectivity index (χ1n) is 6.95. The summed E-state index contributed by atoms with van der Waals surface area (Å²) in [6.07, 6.45) is 6.02. The zero-order valence-corrected chi connectivity index (χ0v) is 12.8. The minimum Gasteiger partial charge on any atom is -0.309 e. The van der Waals surface area contributed by atoms with Gasteiger partial charge in [-0.25, -0.2) is 8.78 Å². The topological polar surface area (TPSA) is 12.0 Å². The smallest absolute Gasteiger partial charge is 0.144 e. The summed E-state index contributed by atoms with van der Waals surface area (Å²) in [4.78, 5) is 0. The molecule has 0 aromatic heterocycles. The molecule has 1 fully saturated rings. The average molecular weight is 332 g/mol. The summed E-state index contributed by atoms with van der Waals surface area (Å²) >= 11 is 3.10. The van der Waals surface area contributed by atoms with Crippen LogP contribution < -0.4 is 5.32 Å². The van der Waals surface area contributed by atoms with Gasteiger partial charge in [0.1, 0.15) is 11.6 Å². The first-order chi connectivity index (χ1) is 9.09. The molecule has 1 N–H and O–H groups in total. The van der Waals surface area contributed by atoms with Gasteiger partial charge in [-0.15, -0.1) is 0 Å². The molecule has 2 rings (SSSR count). The van der Waals surface area contributed by atoms with Crippen LogP contribution in [0.5, 0.6) is 0 Å². The molecule has 1 saturated carbocycles. The summed E-state index contributed by atoms with van der Waals surface area (Å²) in [7, 11) is 0. The lowest BCUT2D eigenvalue weighted by Crippen LogP contribution is -2.34. The molecule has 0 spiro atoms. The van der Waals surface area contributed by atoms with Gasteiger partial charge in [0.05, 0.1) is 4.47 Å². The second-order valence-corrected chi connectivity index (χ2v) is 6.28. The molecular formula is C15H20BrF2N. The zero-order chi connectivity index (χ0) is 13.8. The van der Waals surface area contributed by atoms with Crippen molar-refractivity contribution in [3.05, 3.63) is 33.8 Å². The summed E-state index contributed by atoms with van der Waals surface area (Å²) in [5.41, 5.74) is 0.130. The van der Waals surface area contributed by atoms with Gasteiger partial charge < -0.3 is 5.32 Å². The van der Waals surface area contributed by atoms with E-state index in [9.17, 15) is 8.78 Å². The Morgan fingerprint density at radius 1 is 1.21 bits per heavy atom. The highest BCUT2D eigenvalue weighted by Gasteiger charge is 2.20. The number of benzene rings is 1. The molecule has 106 valence electrons. The van der Waals surface area contributed by atoms with Crippen molar-refractivity contribution in [1.82, 2.24) is 5.32 Å². The van der Waals surface area contributed by atoms with Crippen molar-refractivity contribution >= 4 is 15.9 Å². The Labute approximate surface area is 121 Å². The summed E-state index contributed by atoms with van der Waals surface area (Å²) in [5, 5.41) is 3.34. The monoisotopic (exact) mass is 331 g/mol. The molecule has 1 aliphatic carbocycles. The molecule has 2 unspecified atom stereocenters. The Morgan fingerprint density at radius 2 is 1.95 bits per heavy atom. The van der Waals surface area contributed by atoms with Gasteiger partial charge >= 0.3 is 0 Å². The van der Waals surface area contributed by atoms with Crippen molar-refractivity contribution in [1.29, 1.82) is 0 Å². The van der Waals surface area contributed by atoms with Crippen LogP contribution in [0.3, 0.4) is 0 Å². The number of nitrogens with one attached hydrogen (secondary N) is 1. The minimum absolute atomic E-state index is 0.130. The van der Waals surface area contributed by atoms with Crippen molar-refractivity contribution in [3.63, 3.8) is 0 Å². The van der Waals surface area contributed by atoms with E-state index in [-0.39, 0.29) is 12.1 Å². The van der Waals surface area contributed by atoms with Crippen LogP contribution in [-0.2, 0) is 6.54 Å². The largest absolute Gasteiger partial charge is 0.309 e. The van der Waals surface area contributed by atoms with E-state index in [0.29, 0.717) is 16.4 Å². The van der Waals surface area contributed by atoms with Gasteiger partial charge in [-0.2, -0.15) is 0 Å². The molecule has 1 aliphatic rings. The lowest BCUT2D eigenvalue weighted by atomic mass is 9.96. The van der Waals surface area contributed by atoms with E-state index in [0.717, 1.165) is 6.42 Å². The van der Waals surface area contributed by atoms with E-state index in [1.807, 2.05) is 0 Å². The molecule has 0 aliphatic heterocycles. The van der Waals surface area contributed by atoms with E-state index in [4.69, 9.17) is 0 Å². The molecular weight excluding hydrogens is 312 g/mol. The van der Waals surface area contributed by atoms with Crippen molar-refractivity contribution in [2.45, 2.75) is 51.6 Å². The van der Waals surface area contributed by atoms with Crippen LogP contribution in [0.4, 0.5) is 8.78 Å². The van der Waals surface area contributed by atoms with Gasteiger partial charge in [0.15, 0.2) is 0 Å². The number of halogens is 3. The maximum atomic E-state index is 13.9. The van der Waals surface area contributed by atoms with Crippen LogP contribution in [0.15, 0.2) is 16.6 Å². The maximum absolute atomic E-state index is 13.9. The van der Waals surface area contributed by atoms with Gasteiger partial charge in [0.2, 0.25) is 0 Å². The van der Waals surface area contributed by atoms with Crippen LogP contribution in [0.1, 0.15) is 44.6 Å². The third-order valence-electron chi connectivity index (χ3n) is 4.04. The van der Waals surface area contributed by atoms with E-state index < -0.39 is 11.6 Å².